The Labute approximate surface area is 252 Å². The zero-order valence-corrected chi connectivity index (χ0v) is 24.9. The molecule has 1 aliphatic rings. The van der Waals surface area contributed by atoms with Crippen molar-refractivity contribution in [2.45, 2.75) is 26.8 Å². The number of hydrogen-bond acceptors (Lipinski definition) is 9. The van der Waals surface area contributed by atoms with E-state index in [0.717, 1.165) is 66.5 Å². The fourth-order valence-electron chi connectivity index (χ4n) is 4.99. The van der Waals surface area contributed by atoms with Crippen LogP contribution in [0.2, 0.25) is 6.82 Å². The first-order chi connectivity index (χ1) is 20.9. The molecule has 1 fully saturated rings. The molecular weight excluding hydrogens is 546 g/mol. The molecule has 4 aromatic rings. The lowest BCUT2D eigenvalue weighted by Gasteiger charge is -2.35. The van der Waals surface area contributed by atoms with Gasteiger partial charge in [-0.15, -0.1) is 0 Å². The van der Waals surface area contributed by atoms with Crippen LogP contribution in [-0.2, 0) is 13.1 Å². The van der Waals surface area contributed by atoms with Gasteiger partial charge in [0.2, 0.25) is 5.95 Å². The minimum absolute atomic E-state index is 0.260. The van der Waals surface area contributed by atoms with Crippen molar-refractivity contribution in [2.75, 3.05) is 50.1 Å². The van der Waals surface area contributed by atoms with Crippen molar-refractivity contribution in [3.05, 3.63) is 95.2 Å². The lowest BCUT2D eigenvalue weighted by atomic mass is 9.88. The van der Waals surface area contributed by atoms with Crippen LogP contribution in [0.5, 0.6) is 5.75 Å². The molecule has 0 unspecified atom stereocenters. The van der Waals surface area contributed by atoms with Crippen LogP contribution < -0.4 is 20.2 Å². The van der Waals surface area contributed by atoms with Crippen LogP contribution >= 0.6 is 0 Å². The molecule has 43 heavy (non-hydrogen) atoms. The Morgan fingerprint density at radius 2 is 1.84 bits per heavy atom. The largest absolute Gasteiger partial charge is 0.497 e. The summed E-state index contributed by atoms with van der Waals surface area (Å²) >= 11 is 0. The van der Waals surface area contributed by atoms with E-state index in [2.05, 4.69) is 47.6 Å². The molecule has 12 heteroatoms. The van der Waals surface area contributed by atoms with Gasteiger partial charge in [0.15, 0.2) is 5.82 Å². The second kappa shape index (κ2) is 14.3. The zero-order chi connectivity index (χ0) is 30.2. The monoisotopic (exact) mass is 584 g/mol. The van der Waals surface area contributed by atoms with E-state index in [1.807, 2.05) is 54.2 Å². The number of hydrogen-bond donors (Lipinski definition) is 3. The Bertz CT molecular complexity index is 1520. The number of benzene rings is 2. The van der Waals surface area contributed by atoms with E-state index < -0.39 is 7.05 Å². The standard InChI is InChI=1S/C31H38BFN8O2/c1-23-26(22-37-41(23)30-10-11-34-31(38-30)35-20-24-6-8-29(43-3)9-7-24)5-4-12-39-13-15-40(16-14-39)28-18-25(17-27(33)19-28)21-36-32(2)42/h4-11,17-19,22,36,42H,12-16,20-21H2,1-3H3,(H,34,35,38)/b5-4+. The molecule has 0 atom stereocenters. The number of rotatable bonds is 12. The Balaban J connectivity index is 1.13. The molecule has 0 bridgehead atoms. The first-order valence-corrected chi connectivity index (χ1v) is 14.5. The molecule has 0 saturated carbocycles. The van der Waals surface area contributed by atoms with E-state index in [-0.39, 0.29) is 5.82 Å². The van der Waals surface area contributed by atoms with Crippen LogP contribution in [0.25, 0.3) is 11.9 Å². The van der Waals surface area contributed by atoms with E-state index in [1.165, 1.54) is 6.07 Å². The predicted molar refractivity (Wildman–Crippen MR) is 169 cm³/mol. The average Bonchev–Trinajstić information content (AvgIpc) is 3.39. The maximum Gasteiger partial charge on any atom is 0.373 e. The van der Waals surface area contributed by atoms with E-state index in [4.69, 9.17) is 4.74 Å². The first kappa shape index (κ1) is 30.2. The first-order valence-electron chi connectivity index (χ1n) is 14.5. The number of ether oxygens (including phenoxy) is 1. The van der Waals surface area contributed by atoms with E-state index in [0.29, 0.717) is 24.9 Å². The third-order valence-electron chi connectivity index (χ3n) is 7.46. The molecule has 0 radical (unpaired) electrons. The average molecular weight is 585 g/mol. The zero-order valence-electron chi connectivity index (χ0n) is 24.9. The Morgan fingerprint density at radius 1 is 1.05 bits per heavy atom. The highest BCUT2D eigenvalue weighted by molar-refractivity contribution is 6.45. The van der Waals surface area contributed by atoms with Gasteiger partial charge in [-0.25, -0.2) is 14.1 Å². The third kappa shape index (κ3) is 8.19. The maximum atomic E-state index is 14.2. The van der Waals surface area contributed by atoms with Crippen LogP contribution in [0, 0.1) is 12.7 Å². The molecule has 10 nitrogen and oxygen atoms in total. The molecule has 0 aliphatic carbocycles. The number of aromatic nitrogens is 4. The number of anilines is 2. The maximum absolute atomic E-state index is 14.2. The van der Waals surface area contributed by atoms with Gasteiger partial charge in [-0.05, 0) is 55.2 Å². The van der Waals surface area contributed by atoms with Crippen molar-refractivity contribution in [1.82, 2.24) is 29.9 Å². The highest BCUT2D eigenvalue weighted by atomic mass is 19.1. The summed E-state index contributed by atoms with van der Waals surface area (Å²) in [7, 11) is 1.01. The summed E-state index contributed by atoms with van der Waals surface area (Å²) in [6.07, 6.45) is 7.84. The van der Waals surface area contributed by atoms with E-state index in [1.54, 1.807) is 26.2 Å². The smallest absolute Gasteiger partial charge is 0.373 e. The summed E-state index contributed by atoms with van der Waals surface area (Å²) in [6, 6.07) is 14.8. The highest BCUT2D eigenvalue weighted by Crippen LogP contribution is 2.21. The summed E-state index contributed by atoms with van der Waals surface area (Å²) < 4.78 is 21.3. The van der Waals surface area contributed by atoms with Gasteiger partial charge in [0.25, 0.3) is 0 Å². The van der Waals surface area contributed by atoms with Gasteiger partial charge in [0, 0.05) is 69.3 Å². The Kier molecular flexibility index (Phi) is 10.0. The van der Waals surface area contributed by atoms with E-state index in [9.17, 15) is 9.41 Å². The topological polar surface area (TPSA) is 104 Å². The van der Waals surface area contributed by atoms with Gasteiger partial charge >= 0.3 is 7.05 Å². The molecule has 3 N–H and O–H groups in total. The molecule has 2 aromatic heterocycles. The molecule has 5 rings (SSSR count). The number of methoxy groups -OCH3 is 1. The second-order valence-corrected chi connectivity index (χ2v) is 10.6. The molecule has 1 saturated heterocycles. The van der Waals surface area contributed by atoms with Crippen molar-refractivity contribution < 1.29 is 14.2 Å². The fourth-order valence-corrected chi connectivity index (χ4v) is 4.99. The van der Waals surface area contributed by atoms with Gasteiger partial charge in [-0.1, -0.05) is 24.3 Å². The van der Waals surface area contributed by atoms with Crippen molar-refractivity contribution in [3.8, 4) is 11.6 Å². The summed E-state index contributed by atoms with van der Waals surface area (Å²) in [5.41, 5.74) is 4.82. The van der Waals surface area contributed by atoms with Crippen LogP contribution in [0.3, 0.4) is 0 Å². The van der Waals surface area contributed by atoms with Crippen LogP contribution in [0.1, 0.15) is 22.4 Å². The summed E-state index contributed by atoms with van der Waals surface area (Å²) in [6.45, 7) is 8.92. The predicted octanol–water partition coefficient (Wildman–Crippen LogP) is 3.77. The van der Waals surface area contributed by atoms with Gasteiger partial charge in [0.1, 0.15) is 11.6 Å². The Hall–Kier alpha value is -4.26. The minimum atomic E-state index is -0.639. The molecule has 0 amide bonds. The van der Waals surface area contributed by atoms with Gasteiger partial charge in [-0.2, -0.15) is 10.1 Å². The van der Waals surface area contributed by atoms with Gasteiger partial charge < -0.3 is 25.2 Å². The molecule has 1 aliphatic heterocycles. The number of nitrogens with one attached hydrogen (secondary N) is 2. The van der Waals surface area contributed by atoms with Crippen LogP contribution in [0.15, 0.2) is 67.0 Å². The van der Waals surface area contributed by atoms with Gasteiger partial charge in [0.05, 0.1) is 19.0 Å². The minimum Gasteiger partial charge on any atom is -0.497 e. The quantitative estimate of drug-likeness (QED) is 0.215. The SMILES string of the molecule is COc1ccc(CNc2nccc(-n3ncc(/C=C/CN4CCN(c5cc(F)cc(CNB(C)O)c5)CC4)c3C)n2)cc1. The lowest BCUT2D eigenvalue weighted by molar-refractivity contribution is 0.284. The summed E-state index contributed by atoms with van der Waals surface area (Å²) in [4.78, 5) is 13.6. The molecular formula is C31H38BFN8O2. The van der Waals surface area contributed by atoms with Crippen molar-refractivity contribution in [1.29, 1.82) is 0 Å². The van der Waals surface area contributed by atoms with Crippen molar-refractivity contribution in [2.24, 2.45) is 0 Å². The van der Waals surface area contributed by atoms with Gasteiger partial charge in [-0.3, -0.25) is 4.90 Å². The molecule has 2 aromatic carbocycles. The van der Waals surface area contributed by atoms with Crippen molar-refractivity contribution in [3.63, 3.8) is 0 Å². The van der Waals surface area contributed by atoms with Crippen molar-refractivity contribution >= 4 is 24.8 Å². The molecule has 3 heterocycles. The lowest BCUT2D eigenvalue weighted by Crippen LogP contribution is -2.46. The fraction of sp³-hybridized carbons (Fsp3) is 0.323. The van der Waals surface area contributed by atoms with Crippen LogP contribution in [-0.4, -0.2) is 76.6 Å². The Morgan fingerprint density at radius 3 is 2.58 bits per heavy atom. The highest BCUT2D eigenvalue weighted by Gasteiger charge is 2.18. The summed E-state index contributed by atoms with van der Waals surface area (Å²) in [5.74, 6) is 1.79. The molecule has 224 valence electrons. The second-order valence-electron chi connectivity index (χ2n) is 10.6. The molecule has 0 spiro atoms. The van der Waals surface area contributed by atoms with Crippen LogP contribution in [0.4, 0.5) is 16.0 Å². The summed E-state index contributed by atoms with van der Waals surface area (Å²) in [5, 5.41) is 20.3. The number of nitrogens with zero attached hydrogens (tertiary/aromatic N) is 6. The van der Waals surface area contributed by atoms with E-state index >= 15 is 0 Å². The number of piperazine rings is 1. The third-order valence-corrected chi connectivity index (χ3v) is 7.46. The number of halogens is 1. The normalized spacial score (nSPS) is 13.9.